The molecule has 190 valence electrons. The van der Waals surface area contributed by atoms with Gasteiger partial charge in [0.25, 0.3) is 11.5 Å². The molecule has 1 spiro atoms. The first-order valence-corrected chi connectivity index (χ1v) is 12.7. The molecule has 2 aromatic carbocycles. The van der Waals surface area contributed by atoms with Crippen LogP contribution in [0.2, 0.25) is 0 Å². The minimum Gasteiger partial charge on any atom is -0.397 e. The maximum Gasteiger partial charge on any atom is 0.263 e. The van der Waals surface area contributed by atoms with Crippen LogP contribution in [0.25, 0.3) is 22.0 Å². The molecular weight excluding hydrogens is 457 g/mol. The van der Waals surface area contributed by atoms with Gasteiger partial charge in [-0.15, -0.1) is 0 Å². The number of piperidine rings is 1. The Labute approximate surface area is 210 Å². The number of carbonyl (C=O) groups excluding carboxylic acids is 1. The van der Waals surface area contributed by atoms with E-state index in [1.807, 2.05) is 19.1 Å². The monoisotopic (exact) mass is 491 g/mol. The van der Waals surface area contributed by atoms with Gasteiger partial charge in [-0.1, -0.05) is 31.2 Å². The number of fused-ring (bicyclic) bond motifs is 1. The molecule has 0 bridgehead atoms. The number of aromatic nitrogens is 1. The fourth-order valence-corrected chi connectivity index (χ4v) is 5.68. The summed E-state index contributed by atoms with van der Waals surface area (Å²) >= 11 is 0. The van der Waals surface area contributed by atoms with Crippen molar-refractivity contribution >= 4 is 22.5 Å². The first-order valence-electron chi connectivity index (χ1n) is 12.7. The second-order valence-corrected chi connectivity index (χ2v) is 10.5. The van der Waals surface area contributed by atoms with Gasteiger partial charge < -0.3 is 20.9 Å². The van der Waals surface area contributed by atoms with E-state index in [9.17, 15) is 9.59 Å². The lowest BCUT2D eigenvalue weighted by Crippen LogP contribution is -2.59. The van der Waals surface area contributed by atoms with Gasteiger partial charge in [-0.25, -0.2) is 4.39 Å². The number of rotatable bonds is 6. The van der Waals surface area contributed by atoms with Crippen LogP contribution in [0.15, 0.2) is 41.2 Å². The van der Waals surface area contributed by atoms with E-state index in [4.69, 9.17) is 5.73 Å². The highest BCUT2D eigenvalue weighted by molar-refractivity contribution is 6.08. The van der Waals surface area contributed by atoms with Gasteiger partial charge >= 0.3 is 0 Å². The summed E-state index contributed by atoms with van der Waals surface area (Å²) in [7, 11) is 2.18. The van der Waals surface area contributed by atoms with Crippen LogP contribution in [0, 0.1) is 11.2 Å². The first kappa shape index (κ1) is 24.5. The first-order chi connectivity index (χ1) is 17.3. The van der Waals surface area contributed by atoms with E-state index in [-0.39, 0.29) is 17.1 Å². The summed E-state index contributed by atoms with van der Waals surface area (Å²) < 4.78 is 15.1. The molecule has 1 aromatic heterocycles. The molecule has 36 heavy (non-hydrogen) atoms. The van der Waals surface area contributed by atoms with E-state index in [0.29, 0.717) is 34.0 Å². The van der Waals surface area contributed by atoms with Crippen LogP contribution in [-0.4, -0.2) is 60.5 Å². The van der Waals surface area contributed by atoms with Gasteiger partial charge in [0.1, 0.15) is 11.4 Å². The predicted octanol–water partition coefficient (Wildman–Crippen LogP) is 3.58. The van der Waals surface area contributed by atoms with Crippen molar-refractivity contribution in [1.82, 2.24) is 20.1 Å². The van der Waals surface area contributed by atoms with Gasteiger partial charge in [-0.05, 0) is 62.5 Å². The summed E-state index contributed by atoms with van der Waals surface area (Å²) in [5.74, 6) is -0.876. The number of likely N-dealkylation sites (tertiary alicyclic amines) is 2. The third kappa shape index (κ3) is 4.51. The van der Waals surface area contributed by atoms with Gasteiger partial charge in [-0.2, -0.15) is 0 Å². The number of nitrogens with zero attached hydrogens (tertiary/aromatic N) is 2. The van der Waals surface area contributed by atoms with Crippen molar-refractivity contribution in [3.63, 3.8) is 0 Å². The summed E-state index contributed by atoms with van der Waals surface area (Å²) in [6.07, 6.45) is 3.21. The highest BCUT2D eigenvalue weighted by atomic mass is 19.1. The fraction of sp³-hybridized carbons (Fsp3) is 0.429. The standard InChI is InChI=1S/C28H34FN5O2/c1-3-11-31-26(35)23-24(30)20-6-4-5-19(25(20)32-27(23)36)21-14-18(7-8-22(21)29)15-34-16-28(17-34)9-12-33(2)13-10-28/h4-8,14H,3,9-13,15-17H2,1-2H3,(H,31,35)(H3,30,32,36). The van der Waals surface area contributed by atoms with Gasteiger partial charge in [0.05, 0.1) is 11.2 Å². The molecule has 2 saturated heterocycles. The zero-order valence-corrected chi connectivity index (χ0v) is 21.0. The molecule has 2 aliphatic heterocycles. The van der Waals surface area contributed by atoms with Crippen molar-refractivity contribution in [2.24, 2.45) is 5.41 Å². The smallest absolute Gasteiger partial charge is 0.263 e. The van der Waals surface area contributed by atoms with Gasteiger partial charge in [0, 0.05) is 42.7 Å². The second kappa shape index (κ2) is 9.67. The Hall–Kier alpha value is -3.23. The maximum absolute atomic E-state index is 15.1. The number of nitrogens with one attached hydrogen (secondary N) is 2. The lowest BCUT2D eigenvalue weighted by atomic mass is 9.72. The SMILES string of the molecule is CCCNC(=O)c1c(N)c2cccc(-c3cc(CN4CC5(CCN(C)CC5)C4)ccc3F)c2[nH]c1=O. The van der Waals surface area contributed by atoms with Gasteiger partial charge in [-0.3, -0.25) is 14.5 Å². The molecule has 0 saturated carbocycles. The summed E-state index contributed by atoms with van der Waals surface area (Å²) in [6, 6.07) is 10.5. The number of halogens is 1. The minimum atomic E-state index is -0.582. The Kier molecular flexibility index (Phi) is 6.57. The number of anilines is 1. The third-order valence-electron chi connectivity index (χ3n) is 7.75. The molecule has 8 heteroatoms. The third-order valence-corrected chi connectivity index (χ3v) is 7.75. The number of nitrogens with two attached hydrogens (primary N) is 1. The molecule has 5 rings (SSSR count). The van der Waals surface area contributed by atoms with Crippen LogP contribution < -0.4 is 16.6 Å². The zero-order chi connectivity index (χ0) is 25.4. The summed E-state index contributed by atoms with van der Waals surface area (Å²) in [4.78, 5) is 33.0. The number of benzene rings is 2. The van der Waals surface area contributed by atoms with Crippen molar-refractivity contribution in [3.8, 4) is 11.1 Å². The topological polar surface area (TPSA) is 94.5 Å². The number of para-hydroxylation sites is 1. The molecule has 4 N–H and O–H groups in total. The zero-order valence-electron chi connectivity index (χ0n) is 21.0. The molecular formula is C28H34FN5O2. The Bertz CT molecular complexity index is 1350. The number of aromatic amines is 1. The maximum atomic E-state index is 15.1. The number of amides is 1. The molecule has 0 radical (unpaired) electrons. The molecule has 1 amide bonds. The number of hydrogen-bond acceptors (Lipinski definition) is 5. The van der Waals surface area contributed by atoms with E-state index in [1.165, 1.54) is 18.9 Å². The van der Waals surface area contributed by atoms with Crippen LogP contribution in [0.3, 0.4) is 0 Å². The molecule has 2 fully saturated rings. The largest absolute Gasteiger partial charge is 0.397 e. The molecule has 0 aliphatic carbocycles. The van der Waals surface area contributed by atoms with Crippen molar-refractivity contribution in [2.75, 3.05) is 45.5 Å². The molecule has 0 unspecified atom stereocenters. The Balaban J connectivity index is 1.43. The predicted molar refractivity (Wildman–Crippen MR) is 141 cm³/mol. The van der Waals surface area contributed by atoms with Crippen molar-refractivity contribution in [1.29, 1.82) is 0 Å². The number of hydrogen-bond donors (Lipinski definition) is 3. The summed E-state index contributed by atoms with van der Waals surface area (Å²) in [5.41, 5.74) is 8.55. The molecule has 2 aliphatic rings. The lowest BCUT2D eigenvalue weighted by molar-refractivity contribution is -0.0470. The fourth-order valence-electron chi connectivity index (χ4n) is 5.68. The number of H-pyrrole nitrogens is 1. The van der Waals surface area contributed by atoms with E-state index in [2.05, 4.69) is 27.1 Å². The molecule has 3 heterocycles. The van der Waals surface area contributed by atoms with E-state index in [1.54, 1.807) is 18.2 Å². The average Bonchev–Trinajstić information content (AvgIpc) is 2.84. The van der Waals surface area contributed by atoms with Crippen LogP contribution >= 0.6 is 0 Å². The van der Waals surface area contributed by atoms with Crippen LogP contribution in [0.1, 0.15) is 42.1 Å². The Morgan fingerprint density at radius 1 is 1.17 bits per heavy atom. The van der Waals surface area contributed by atoms with Crippen LogP contribution in [0.5, 0.6) is 0 Å². The van der Waals surface area contributed by atoms with E-state index in [0.717, 1.165) is 44.7 Å². The summed E-state index contributed by atoms with van der Waals surface area (Å²) in [5, 5.41) is 3.22. The van der Waals surface area contributed by atoms with Crippen molar-refractivity contribution in [2.45, 2.75) is 32.7 Å². The number of pyridine rings is 1. The molecule has 7 nitrogen and oxygen atoms in total. The average molecular weight is 492 g/mol. The quantitative estimate of drug-likeness (QED) is 0.490. The highest BCUT2D eigenvalue weighted by Gasteiger charge is 2.43. The number of carbonyl (C=O) groups is 1. The second-order valence-electron chi connectivity index (χ2n) is 10.5. The molecule has 3 aromatic rings. The van der Waals surface area contributed by atoms with E-state index >= 15 is 4.39 Å². The van der Waals surface area contributed by atoms with Crippen LogP contribution in [0.4, 0.5) is 10.1 Å². The highest BCUT2D eigenvalue weighted by Crippen LogP contribution is 2.41. The normalized spacial score (nSPS) is 17.9. The van der Waals surface area contributed by atoms with Gasteiger partial charge in [0.15, 0.2) is 0 Å². The Morgan fingerprint density at radius 3 is 2.64 bits per heavy atom. The van der Waals surface area contributed by atoms with Crippen LogP contribution in [-0.2, 0) is 6.54 Å². The van der Waals surface area contributed by atoms with Crippen molar-refractivity contribution < 1.29 is 9.18 Å². The van der Waals surface area contributed by atoms with Gasteiger partial charge in [0.2, 0.25) is 0 Å². The lowest BCUT2D eigenvalue weighted by Gasteiger charge is -2.54. The minimum absolute atomic E-state index is 0.102. The number of nitrogen functional groups attached to an aromatic ring is 1. The Morgan fingerprint density at radius 2 is 1.92 bits per heavy atom. The molecule has 0 atom stereocenters. The van der Waals surface area contributed by atoms with Crippen molar-refractivity contribution in [3.05, 3.63) is 63.7 Å². The van der Waals surface area contributed by atoms with E-state index < -0.39 is 11.5 Å². The summed E-state index contributed by atoms with van der Waals surface area (Å²) in [6.45, 7) is 7.60.